The van der Waals surface area contributed by atoms with Crippen LogP contribution in [0.15, 0.2) is 0 Å². The summed E-state index contributed by atoms with van der Waals surface area (Å²) in [4.78, 5) is 13.5. The van der Waals surface area contributed by atoms with E-state index in [-0.39, 0.29) is 18.8 Å². The Morgan fingerprint density at radius 2 is 1.76 bits per heavy atom. The predicted octanol–water partition coefficient (Wildman–Crippen LogP) is 4.88. The second-order valence-corrected chi connectivity index (χ2v) is 6.72. The fourth-order valence-electron chi connectivity index (χ4n) is 2.75. The van der Waals surface area contributed by atoms with Gasteiger partial charge in [0.25, 0.3) is 0 Å². The van der Waals surface area contributed by atoms with E-state index < -0.39 is 12.1 Å². The first-order chi connectivity index (χ1) is 9.84. The Bertz CT molecular complexity index is 662. The third kappa shape index (κ3) is 2.99. The lowest BCUT2D eigenvalue weighted by Gasteiger charge is -2.28. The summed E-state index contributed by atoms with van der Waals surface area (Å²) in [7, 11) is 0. The van der Waals surface area contributed by atoms with E-state index in [1.165, 1.54) is 11.3 Å². The topological polar surface area (TPSA) is 38.7 Å². The van der Waals surface area contributed by atoms with Gasteiger partial charge in [0.05, 0.1) is 10.9 Å². The highest BCUT2D eigenvalue weighted by molar-refractivity contribution is 7.18. The van der Waals surface area contributed by atoms with Crippen molar-refractivity contribution in [3.05, 3.63) is 16.0 Å². The lowest BCUT2D eigenvalue weighted by atomic mass is 9.82. The molecule has 8 heteroatoms. The Balaban J connectivity index is 1.81. The molecule has 0 unspecified atom stereocenters. The van der Waals surface area contributed by atoms with E-state index in [1.807, 2.05) is 0 Å². The Kier molecular flexibility index (Phi) is 3.81. The average molecular weight is 336 g/mol. The quantitative estimate of drug-likeness (QED) is 0.697. The van der Waals surface area contributed by atoms with Gasteiger partial charge in [-0.3, -0.25) is 0 Å². The summed E-state index contributed by atoms with van der Waals surface area (Å²) < 4.78 is 38.1. The Labute approximate surface area is 128 Å². The van der Waals surface area contributed by atoms with Crippen LogP contribution in [0.25, 0.3) is 10.3 Å². The third-order valence-corrected chi connectivity index (χ3v) is 5.26. The summed E-state index contributed by atoms with van der Waals surface area (Å²) in [6, 6.07) is 0. The van der Waals surface area contributed by atoms with Crippen LogP contribution in [0.4, 0.5) is 13.2 Å². The molecule has 0 amide bonds. The van der Waals surface area contributed by atoms with Gasteiger partial charge in [0.15, 0.2) is 5.15 Å². The third-order valence-electron chi connectivity index (χ3n) is 3.88. The first kappa shape index (κ1) is 15.0. The lowest BCUT2D eigenvalue weighted by molar-refractivity contribution is -0.182. The zero-order chi connectivity index (χ0) is 15.2. The minimum absolute atomic E-state index is 0.0687. The van der Waals surface area contributed by atoms with Crippen molar-refractivity contribution in [3.8, 4) is 0 Å². The summed E-state index contributed by atoms with van der Waals surface area (Å²) in [5.74, 6) is -0.531. The van der Waals surface area contributed by atoms with Crippen LogP contribution in [0.5, 0.6) is 0 Å². The summed E-state index contributed by atoms with van der Waals surface area (Å²) in [6.07, 6.45) is -2.72. The predicted molar refractivity (Wildman–Crippen MR) is 75.7 cm³/mol. The minimum Gasteiger partial charge on any atom is -0.236 e. The van der Waals surface area contributed by atoms with Crippen molar-refractivity contribution < 1.29 is 13.2 Å². The van der Waals surface area contributed by atoms with Crippen molar-refractivity contribution in [3.63, 3.8) is 0 Å². The van der Waals surface area contributed by atoms with Gasteiger partial charge >= 0.3 is 6.18 Å². The van der Waals surface area contributed by atoms with E-state index in [4.69, 9.17) is 11.6 Å². The molecule has 0 aliphatic heterocycles. The number of rotatable bonds is 1. The average Bonchev–Trinajstić information content (AvgIpc) is 2.82. The molecule has 3 nitrogen and oxygen atoms in total. The highest BCUT2D eigenvalue weighted by Gasteiger charge is 2.42. The Morgan fingerprint density at radius 1 is 1.10 bits per heavy atom. The maximum absolute atomic E-state index is 12.7. The van der Waals surface area contributed by atoms with Gasteiger partial charge in [-0.05, 0) is 32.6 Å². The van der Waals surface area contributed by atoms with Crippen LogP contribution in [-0.4, -0.2) is 21.1 Å². The van der Waals surface area contributed by atoms with Gasteiger partial charge in [-0.1, -0.05) is 22.9 Å². The molecule has 2 aromatic rings. The summed E-state index contributed by atoms with van der Waals surface area (Å²) in [6.45, 7) is 1.75. The number of alkyl halides is 3. The van der Waals surface area contributed by atoms with Gasteiger partial charge in [-0.15, -0.1) is 0 Å². The second-order valence-electron chi connectivity index (χ2n) is 5.36. The molecule has 3 rings (SSSR count). The van der Waals surface area contributed by atoms with Crippen molar-refractivity contribution >= 4 is 33.3 Å². The molecule has 2 heterocycles. The van der Waals surface area contributed by atoms with Crippen LogP contribution < -0.4 is 0 Å². The van der Waals surface area contributed by atoms with E-state index in [2.05, 4.69) is 15.0 Å². The maximum Gasteiger partial charge on any atom is 0.391 e. The number of hydrogen-bond donors (Lipinski definition) is 0. The van der Waals surface area contributed by atoms with E-state index >= 15 is 0 Å². The van der Waals surface area contributed by atoms with Crippen LogP contribution in [-0.2, 0) is 0 Å². The van der Waals surface area contributed by atoms with Gasteiger partial charge in [0, 0.05) is 5.92 Å². The van der Waals surface area contributed by atoms with E-state index in [0.717, 1.165) is 5.01 Å². The highest BCUT2D eigenvalue weighted by atomic mass is 35.5. The molecule has 0 atom stereocenters. The zero-order valence-electron chi connectivity index (χ0n) is 11.2. The molecule has 21 heavy (non-hydrogen) atoms. The van der Waals surface area contributed by atoms with Crippen LogP contribution >= 0.6 is 22.9 Å². The fraction of sp³-hybridized carbons (Fsp3) is 0.615. The molecule has 0 aromatic carbocycles. The van der Waals surface area contributed by atoms with E-state index in [1.54, 1.807) is 6.92 Å². The second kappa shape index (κ2) is 5.35. The van der Waals surface area contributed by atoms with Crippen LogP contribution in [0.3, 0.4) is 0 Å². The van der Waals surface area contributed by atoms with Crippen molar-refractivity contribution in [2.45, 2.75) is 44.7 Å². The van der Waals surface area contributed by atoms with Crippen molar-refractivity contribution in [1.82, 2.24) is 15.0 Å². The standard InChI is InChI=1S/C13H13ClF3N3S/c1-6-18-10(14)9-12(19-6)21-11(20-9)7-2-4-8(5-3-7)13(15,16)17/h7-8H,2-5H2,1H3. The molecule has 0 spiro atoms. The molecule has 1 saturated carbocycles. The molecular formula is C13H13ClF3N3S. The van der Waals surface area contributed by atoms with E-state index in [0.29, 0.717) is 34.2 Å². The molecule has 0 radical (unpaired) electrons. The van der Waals surface area contributed by atoms with Gasteiger partial charge in [0.2, 0.25) is 0 Å². The minimum atomic E-state index is -4.08. The maximum atomic E-state index is 12.7. The van der Waals surface area contributed by atoms with Crippen molar-refractivity contribution in [2.75, 3.05) is 0 Å². The van der Waals surface area contributed by atoms with Crippen LogP contribution in [0, 0.1) is 12.8 Å². The number of aromatic nitrogens is 3. The largest absolute Gasteiger partial charge is 0.391 e. The number of halogens is 4. The number of aryl methyl sites for hydroxylation is 1. The van der Waals surface area contributed by atoms with Gasteiger partial charge in [-0.25, -0.2) is 15.0 Å². The number of hydrogen-bond acceptors (Lipinski definition) is 4. The first-order valence-corrected chi connectivity index (χ1v) is 7.91. The number of thiazole rings is 1. The van der Waals surface area contributed by atoms with Gasteiger partial charge in [0.1, 0.15) is 16.2 Å². The smallest absolute Gasteiger partial charge is 0.236 e. The van der Waals surface area contributed by atoms with Gasteiger partial charge < -0.3 is 0 Å². The molecule has 2 aromatic heterocycles. The molecule has 114 valence electrons. The molecule has 1 fully saturated rings. The molecule has 0 bridgehead atoms. The first-order valence-electron chi connectivity index (χ1n) is 6.72. The van der Waals surface area contributed by atoms with Gasteiger partial charge in [-0.2, -0.15) is 13.2 Å². The van der Waals surface area contributed by atoms with E-state index in [9.17, 15) is 13.2 Å². The number of fused-ring (bicyclic) bond motifs is 1. The monoisotopic (exact) mass is 335 g/mol. The SMILES string of the molecule is Cc1nc(Cl)c2nc(C3CCC(C(F)(F)F)CC3)sc2n1. The fourth-order valence-corrected chi connectivity index (χ4v) is 4.21. The Hall–Kier alpha value is -0.950. The van der Waals surface area contributed by atoms with Crippen LogP contribution in [0.1, 0.15) is 42.4 Å². The number of nitrogens with zero attached hydrogens (tertiary/aromatic N) is 3. The molecule has 1 aliphatic rings. The molecule has 1 aliphatic carbocycles. The van der Waals surface area contributed by atoms with Crippen molar-refractivity contribution in [1.29, 1.82) is 0 Å². The summed E-state index contributed by atoms with van der Waals surface area (Å²) in [5.41, 5.74) is 0.556. The normalized spacial score (nSPS) is 23.7. The lowest BCUT2D eigenvalue weighted by Crippen LogP contribution is -2.27. The van der Waals surface area contributed by atoms with Crippen molar-refractivity contribution in [2.24, 2.45) is 5.92 Å². The summed E-state index contributed by atoms with van der Waals surface area (Å²) in [5, 5.41) is 1.14. The van der Waals surface area contributed by atoms with Crippen LogP contribution in [0.2, 0.25) is 5.15 Å². The zero-order valence-corrected chi connectivity index (χ0v) is 12.8. The molecular weight excluding hydrogens is 323 g/mol. The molecule has 0 N–H and O–H groups in total. The Morgan fingerprint density at radius 3 is 2.38 bits per heavy atom. The molecule has 0 saturated heterocycles. The highest BCUT2D eigenvalue weighted by Crippen LogP contribution is 2.44. The summed E-state index contributed by atoms with van der Waals surface area (Å²) >= 11 is 7.45.